The second-order valence-electron chi connectivity index (χ2n) is 3.48. The van der Waals surface area contributed by atoms with Gasteiger partial charge in [0.15, 0.2) is 0 Å². The number of nitrogens with one attached hydrogen (secondary N) is 1. The highest BCUT2D eigenvalue weighted by atomic mass is 79.9. The van der Waals surface area contributed by atoms with Crippen LogP contribution in [0.2, 0.25) is 0 Å². The molecule has 0 saturated heterocycles. The maximum Gasteiger partial charge on any atom is 0.140 e. The van der Waals surface area contributed by atoms with Gasteiger partial charge in [0.25, 0.3) is 0 Å². The van der Waals surface area contributed by atoms with E-state index in [0.717, 1.165) is 6.07 Å². The first-order chi connectivity index (χ1) is 7.08. The molecule has 1 unspecified atom stereocenters. The quantitative estimate of drug-likeness (QED) is 0.782. The molecule has 0 radical (unpaired) electrons. The molecule has 5 heteroatoms. The number of aliphatic imine (C=N–C) groups is 1. The van der Waals surface area contributed by atoms with E-state index in [4.69, 9.17) is 0 Å². The molecule has 0 saturated carbocycles. The van der Waals surface area contributed by atoms with E-state index in [9.17, 15) is 8.78 Å². The summed E-state index contributed by atoms with van der Waals surface area (Å²) in [6.07, 6.45) is 0. The maximum absolute atomic E-state index is 13.4. The minimum atomic E-state index is -0.608. The molecule has 1 atom stereocenters. The largest absolute Gasteiger partial charge is 0.365 e. The molecular formula is C10H9BrF2N2. The second-order valence-corrected chi connectivity index (χ2v) is 4.34. The van der Waals surface area contributed by atoms with Crippen LogP contribution in [0.5, 0.6) is 0 Å². The van der Waals surface area contributed by atoms with Crippen LogP contribution >= 0.6 is 15.9 Å². The van der Waals surface area contributed by atoms with Crippen LogP contribution < -0.4 is 5.32 Å². The molecule has 0 amide bonds. The SMILES string of the molecule is CC1CN=C(c2cc(Br)c(F)cc2F)N1. The summed E-state index contributed by atoms with van der Waals surface area (Å²) in [7, 11) is 0. The Bertz CT molecular complexity index is 432. The summed E-state index contributed by atoms with van der Waals surface area (Å²) in [5.74, 6) is -0.723. The molecule has 0 fully saturated rings. The van der Waals surface area contributed by atoms with Crippen LogP contribution in [-0.4, -0.2) is 18.4 Å². The predicted octanol–water partition coefficient (Wildman–Crippen LogP) is 2.47. The normalized spacial score (nSPS) is 20.0. The molecule has 2 nitrogen and oxygen atoms in total. The Morgan fingerprint density at radius 3 is 2.73 bits per heavy atom. The lowest BCUT2D eigenvalue weighted by Gasteiger charge is -2.07. The van der Waals surface area contributed by atoms with E-state index in [1.807, 2.05) is 6.92 Å². The average molecular weight is 275 g/mol. The van der Waals surface area contributed by atoms with Crippen molar-refractivity contribution in [1.82, 2.24) is 5.32 Å². The smallest absolute Gasteiger partial charge is 0.140 e. The van der Waals surface area contributed by atoms with Crippen molar-refractivity contribution in [3.8, 4) is 0 Å². The van der Waals surface area contributed by atoms with Gasteiger partial charge in [-0.3, -0.25) is 4.99 Å². The molecule has 0 aromatic heterocycles. The summed E-state index contributed by atoms with van der Waals surface area (Å²) in [6, 6.07) is 2.45. The standard InChI is InChI=1S/C10H9BrF2N2/c1-5-4-14-10(15-5)6-2-7(11)9(13)3-8(6)12/h2-3,5H,4H2,1H3,(H,14,15). The Kier molecular flexibility index (Phi) is 2.73. The molecule has 0 spiro atoms. The van der Waals surface area contributed by atoms with Gasteiger partial charge in [-0.25, -0.2) is 8.78 Å². The molecule has 1 N–H and O–H groups in total. The number of hydrogen-bond acceptors (Lipinski definition) is 2. The van der Waals surface area contributed by atoms with Crippen LogP contribution in [0, 0.1) is 11.6 Å². The Morgan fingerprint density at radius 2 is 2.13 bits per heavy atom. The van der Waals surface area contributed by atoms with Crippen molar-refractivity contribution in [2.75, 3.05) is 6.54 Å². The van der Waals surface area contributed by atoms with Crippen molar-refractivity contribution >= 4 is 21.8 Å². The summed E-state index contributed by atoms with van der Waals surface area (Å²) in [5.41, 5.74) is 0.299. The Morgan fingerprint density at radius 1 is 1.40 bits per heavy atom. The monoisotopic (exact) mass is 274 g/mol. The van der Waals surface area contributed by atoms with E-state index in [-0.39, 0.29) is 10.5 Å². The van der Waals surface area contributed by atoms with Gasteiger partial charge in [0.05, 0.1) is 16.6 Å². The lowest BCUT2D eigenvalue weighted by Crippen LogP contribution is -2.28. The van der Waals surface area contributed by atoms with Gasteiger partial charge >= 0.3 is 0 Å². The first-order valence-corrected chi connectivity index (χ1v) is 5.33. The van der Waals surface area contributed by atoms with Crippen LogP contribution in [0.1, 0.15) is 12.5 Å². The minimum absolute atomic E-state index is 0.197. The number of halogens is 3. The van der Waals surface area contributed by atoms with Crippen molar-refractivity contribution in [1.29, 1.82) is 0 Å². The zero-order chi connectivity index (χ0) is 11.0. The van der Waals surface area contributed by atoms with Crippen molar-refractivity contribution in [3.05, 3.63) is 33.8 Å². The van der Waals surface area contributed by atoms with Crippen LogP contribution in [0.3, 0.4) is 0 Å². The topological polar surface area (TPSA) is 24.4 Å². The van der Waals surface area contributed by atoms with Crippen LogP contribution in [0.25, 0.3) is 0 Å². The zero-order valence-corrected chi connectivity index (χ0v) is 9.61. The lowest BCUT2D eigenvalue weighted by molar-refractivity contribution is 0.577. The molecule has 1 aromatic carbocycles. The van der Waals surface area contributed by atoms with Gasteiger partial charge in [0.1, 0.15) is 17.5 Å². The molecule has 1 aliphatic heterocycles. The molecule has 0 bridgehead atoms. The molecule has 1 heterocycles. The van der Waals surface area contributed by atoms with Crippen LogP contribution in [0.4, 0.5) is 8.78 Å². The first-order valence-electron chi connectivity index (χ1n) is 4.54. The first kappa shape index (κ1) is 10.5. The highest BCUT2D eigenvalue weighted by Crippen LogP contribution is 2.21. The van der Waals surface area contributed by atoms with Gasteiger partial charge in [-0.1, -0.05) is 0 Å². The summed E-state index contributed by atoms with van der Waals surface area (Å²) >= 11 is 3.02. The van der Waals surface area contributed by atoms with Gasteiger partial charge in [-0.15, -0.1) is 0 Å². The van der Waals surface area contributed by atoms with Gasteiger partial charge in [-0.2, -0.15) is 0 Å². The molecule has 1 aliphatic rings. The fourth-order valence-electron chi connectivity index (χ4n) is 1.42. The molecule has 2 rings (SSSR count). The fraction of sp³-hybridized carbons (Fsp3) is 0.300. The van der Waals surface area contributed by atoms with Crippen LogP contribution in [0.15, 0.2) is 21.6 Å². The summed E-state index contributed by atoms with van der Waals surface area (Å²) in [6.45, 7) is 2.57. The van der Waals surface area contributed by atoms with Gasteiger partial charge in [0.2, 0.25) is 0 Å². The molecule has 1 aromatic rings. The highest BCUT2D eigenvalue weighted by Gasteiger charge is 2.18. The van der Waals surface area contributed by atoms with Crippen LogP contribution in [-0.2, 0) is 0 Å². The Labute approximate surface area is 94.5 Å². The molecular weight excluding hydrogens is 266 g/mol. The van der Waals surface area contributed by atoms with E-state index in [1.165, 1.54) is 6.07 Å². The van der Waals surface area contributed by atoms with Gasteiger partial charge in [0, 0.05) is 12.1 Å². The number of benzene rings is 1. The minimum Gasteiger partial charge on any atom is -0.365 e. The predicted molar refractivity (Wildman–Crippen MR) is 58.1 cm³/mol. The maximum atomic E-state index is 13.4. The molecule has 80 valence electrons. The van der Waals surface area contributed by atoms with Crippen molar-refractivity contribution in [2.45, 2.75) is 13.0 Å². The third-order valence-electron chi connectivity index (χ3n) is 2.17. The Hall–Kier alpha value is -0.970. The van der Waals surface area contributed by atoms with Crippen molar-refractivity contribution in [3.63, 3.8) is 0 Å². The number of amidine groups is 1. The van der Waals surface area contributed by atoms with Gasteiger partial charge < -0.3 is 5.32 Å². The summed E-state index contributed by atoms with van der Waals surface area (Å²) in [4.78, 5) is 4.14. The highest BCUT2D eigenvalue weighted by molar-refractivity contribution is 9.10. The van der Waals surface area contributed by atoms with E-state index < -0.39 is 11.6 Å². The fourth-order valence-corrected chi connectivity index (χ4v) is 1.76. The third kappa shape index (κ3) is 2.02. The second kappa shape index (κ2) is 3.89. The molecule has 0 aliphatic carbocycles. The summed E-state index contributed by atoms with van der Waals surface area (Å²) in [5, 5.41) is 3.02. The average Bonchev–Trinajstić information content (AvgIpc) is 2.58. The number of nitrogens with zero attached hydrogens (tertiary/aromatic N) is 1. The van der Waals surface area contributed by atoms with E-state index in [1.54, 1.807) is 0 Å². The van der Waals surface area contributed by atoms with Gasteiger partial charge in [-0.05, 0) is 28.9 Å². The molecule has 15 heavy (non-hydrogen) atoms. The zero-order valence-electron chi connectivity index (χ0n) is 8.02. The lowest BCUT2D eigenvalue weighted by atomic mass is 10.2. The Balaban J connectivity index is 2.41. The van der Waals surface area contributed by atoms with E-state index in [2.05, 4.69) is 26.2 Å². The van der Waals surface area contributed by atoms with E-state index >= 15 is 0 Å². The number of rotatable bonds is 1. The van der Waals surface area contributed by atoms with Crippen molar-refractivity contribution < 1.29 is 8.78 Å². The van der Waals surface area contributed by atoms with Crippen molar-refractivity contribution in [2.24, 2.45) is 4.99 Å². The third-order valence-corrected chi connectivity index (χ3v) is 2.78. The van der Waals surface area contributed by atoms with E-state index in [0.29, 0.717) is 17.9 Å². The summed E-state index contributed by atoms with van der Waals surface area (Å²) < 4.78 is 26.6. The number of hydrogen-bond donors (Lipinski definition) is 1.